The molecule has 1 rings (SSSR count). The van der Waals surface area contributed by atoms with Crippen LogP contribution in [0.25, 0.3) is 0 Å². The van der Waals surface area contributed by atoms with Gasteiger partial charge in [-0.25, -0.2) is 0 Å². The van der Waals surface area contributed by atoms with Crippen LogP contribution in [0.3, 0.4) is 0 Å². The van der Waals surface area contributed by atoms with Crippen LogP contribution in [0.4, 0.5) is 0 Å². The number of esters is 1. The highest BCUT2D eigenvalue weighted by atomic mass is 16.5. The summed E-state index contributed by atoms with van der Waals surface area (Å²) in [4.78, 5) is 10.9. The van der Waals surface area contributed by atoms with E-state index in [-0.39, 0.29) is 5.97 Å². The summed E-state index contributed by atoms with van der Waals surface area (Å²) in [6.45, 7) is 2.96. The molecule has 1 aromatic rings. The summed E-state index contributed by atoms with van der Waals surface area (Å²) in [5.74, 6) is -0.136. The van der Waals surface area contributed by atoms with Gasteiger partial charge in [0.15, 0.2) is 0 Å². The fraction of sp³-hybridized carbons (Fsp3) is 0.462. The smallest absolute Gasteiger partial charge is 0.311 e. The maximum absolute atomic E-state index is 10.9. The molecule has 0 bridgehead atoms. The second kappa shape index (κ2) is 7.01. The van der Waals surface area contributed by atoms with Crippen LogP contribution in [-0.4, -0.2) is 25.7 Å². The van der Waals surface area contributed by atoms with Gasteiger partial charge in [-0.3, -0.25) is 4.79 Å². The number of hydrogen-bond acceptors (Lipinski definition) is 2. The molecule has 88 valence electrons. The summed E-state index contributed by atoms with van der Waals surface area (Å²) < 4.78 is 4.59. The Morgan fingerprint density at radius 1 is 1.38 bits per heavy atom. The second-order valence-corrected chi connectivity index (χ2v) is 4.02. The van der Waals surface area contributed by atoms with Gasteiger partial charge >= 0.3 is 5.97 Å². The van der Waals surface area contributed by atoms with Crippen LogP contribution in [0.2, 0.25) is 0 Å². The van der Waals surface area contributed by atoms with Gasteiger partial charge in [-0.05, 0) is 12.5 Å². The summed E-state index contributed by atoms with van der Waals surface area (Å²) >= 11 is 0. The molecule has 1 aromatic carbocycles. The minimum atomic E-state index is -0.136. The summed E-state index contributed by atoms with van der Waals surface area (Å²) in [5, 5.41) is 2.18. The van der Waals surface area contributed by atoms with E-state index in [1.54, 1.807) is 0 Å². The maximum atomic E-state index is 10.9. The highest BCUT2D eigenvalue weighted by molar-refractivity contribution is 5.69. The Kier molecular flexibility index (Phi) is 5.57. The van der Waals surface area contributed by atoms with Gasteiger partial charge in [0.25, 0.3) is 0 Å². The molecule has 0 aliphatic heterocycles. The molecule has 0 radical (unpaired) electrons. The molecular weight excluding hydrogens is 202 g/mol. The van der Waals surface area contributed by atoms with E-state index in [9.17, 15) is 4.79 Å². The monoisotopic (exact) mass is 222 g/mol. The zero-order valence-electron chi connectivity index (χ0n) is 9.98. The summed E-state index contributed by atoms with van der Waals surface area (Å²) in [5.41, 5.74) is 1.34. The fourth-order valence-corrected chi connectivity index (χ4v) is 1.66. The van der Waals surface area contributed by atoms with Crippen LogP contribution in [0.15, 0.2) is 30.3 Å². The van der Waals surface area contributed by atoms with E-state index in [4.69, 9.17) is 0 Å². The summed E-state index contributed by atoms with van der Waals surface area (Å²) in [6.07, 6.45) is 1.51. The van der Waals surface area contributed by atoms with Gasteiger partial charge in [-0.1, -0.05) is 30.3 Å². The highest BCUT2D eigenvalue weighted by Gasteiger charge is 2.07. The van der Waals surface area contributed by atoms with Crippen molar-refractivity contribution in [3.8, 4) is 0 Å². The van der Waals surface area contributed by atoms with Crippen molar-refractivity contribution in [2.45, 2.75) is 25.8 Å². The Bertz CT molecular complexity index is 311. The molecule has 0 heterocycles. The fourth-order valence-electron chi connectivity index (χ4n) is 1.66. The Morgan fingerprint density at radius 2 is 2.06 bits per heavy atom. The number of hydrogen-bond donors (Lipinski definition) is 1. The molecule has 1 atom stereocenters. The number of nitrogens with two attached hydrogens (primary N) is 1. The van der Waals surface area contributed by atoms with E-state index < -0.39 is 0 Å². The Balaban J connectivity index is 2.21. The number of ether oxygens (including phenoxy) is 1. The lowest BCUT2D eigenvalue weighted by Crippen LogP contribution is -2.90. The van der Waals surface area contributed by atoms with E-state index >= 15 is 0 Å². The molecular formula is C13H20NO2+. The van der Waals surface area contributed by atoms with Crippen LogP contribution in [0.1, 0.15) is 18.9 Å². The first kappa shape index (κ1) is 12.7. The lowest BCUT2D eigenvalue weighted by Gasteiger charge is -2.10. The first-order chi connectivity index (χ1) is 7.72. The second-order valence-electron chi connectivity index (χ2n) is 4.02. The van der Waals surface area contributed by atoms with Crippen molar-refractivity contribution in [2.75, 3.05) is 13.7 Å². The quantitative estimate of drug-likeness (QED) is 0.722. The predicted octanol–water partition coefficient (Wildman–Crippen LogP) is 0.744. The molecule has 0 saturated heterocycles. The molecule has 3 nitrogen and oxygen atoms in total. The zero-order valence-corrected chi connectivity index (χ0v) is 9.98. The molecule has 0 aromatic heterocycles. The lowest BCUT2D eigenvalue weighted by molar-refractivity contribution is -0.684. The molecule has 0 fully saturated rings. The largest absolute Gasteiger partial charge is 0.469 e. The number of rotatable bonds is 6. The Hall–Kier alpha value is -1.35. The third-order valence-electron chi connectivity index (χ3n) is 2.55. The third kappa shape index (κ3) is 4.94. The topological polar surface area (TPSA) is 42.9 Å². The molecule has 0 saturated carbocycles. The Morgan fingerprint density at radius 3 is 2.69 bits per heavy atom. The lowest BCUT2D eigenvalue weighted by atomic mass is 10.1. The van der Waals surface area contributed by atoms with Gasteiger partial charge in [0.2, 0.25) is 0 Å². The van der Waals surface area contributed by atoms with E-state index in [1.807, 2.05) is 6.07 Å². The minimum absolute atomic E-state index is 0.136. The van der Waals surface area contributed by atoms with Crippen molar-refractivity contribution in [2.24, 2.45) is 0 Å². The molecule has 0 aliphatic carbocycles. The van der Waals surface area contributed by atoms with Crippen LogP contribution in [0, 0.1) is 0 Å². The molecule has 0 amide bonds. The van der Waals surface area contributed by atoms with E-state index in [0.29, 0.717) is 12.5 Å². The number of carbonyl (C=O) groups is 1. The first-order valence-corrected chi connectivity index (χ1v) is 5.66. The number of quaternary nitrogens is 1. The van der Waals surface area contributed by atoms with E-state index in [1.165, 1.54) is 12.7 Å². The maximum Gasteiger partial charge on any atom is 0.311 e. The van der Waals surface area contributed by atoms with Gasteiger partial charge in [0.05, 0.1) is 26.1 Å². The van der Waals surface area contributed by atoms with Gasteiger partial charge < -0.3 is 10.1 Å². The van der Waals surface area contributed by atoms with E-state index in [0.717, 1.165) is 13.0 Å². The van der Waals surface area contributed by atoms with Crippen molar-refractivity contribution in [1.29, 1.82) is 0 Å². The van der Waals surface area contributed by atoms with Crippen LogP contribution >= 0.6 is 0 Å². The summed E-state index contributed by atoms with van der Waals surface area (Å²) in [6, 6.07) is 10.9. The number of carbonyl (C=O) groups excluding carboxylic acids is 1. The molecule has 16 heavy (non-hydrogen) atoms. The molecule has 0 aliphatic rings. The average Bonchev–Trinajstić information content (AvgIpc) is 2.30. The van der Waals surface area contributed by atoms with Crippen molar-refractivity contribution in [3.63, 3.8) is 0 Å². The van der Waals surface area contributed by atoms with E-state index in [2.05, 4.69) is 41.2 Å². The summed E-state index contributed by atoms with van der Waals surface area (Å²) in [7, 11) is 1.43. The van der Waals surface area contributed by atoms with Crippen LogP contribution in [-0.2, 0) is 16.0 Å². The van der Waals surface area contributed by atoms with Crippen molar-refractivity contribution < 1.29 is 14.8 Å². The number of methoxy groups -OCH3 is 1. The predicted molar refractivity (Wildman–Crippen MR) is 63.0 cm³/mol. The normalized spacial score (nSPS) is 12.1. The van der Waals surface area contributed by atoms with Gasteiger partial charge in [-0.15, -0.1) is 0 Å². The molecule has 0 unspecified atom stereocenters. The minimum Gasteiger partial charge on any atom is -0.469 e. The Labute approximate surface area is 96.8 Å². The van der Waals surface area contributed by atoms with Crippen LogP contribution in [0.5, 0.6) is 0 Å². The van der Waals surface area contributed by atoms with Crippen molar-refractivity contribution >= 4 is 5.97 Å². The highest BCUT2D eigenvalue weighted by Crippen LogP contribution is 2.00. The zero-order chi connectivity index (χ0) is 11.8. The van der Waals surface area contributed by atoms with Gasteiger partial charge in [-0.2, -0.15) is 0 Å². The number of benzene rings is 1. The molecule has 3 heteroatoms. The standard InChI is InChI=1S/C13H19NO2/c1-11(14-9-8-13(15)16-2)10-12-6-4-3-5-7-12/h3-7,11,14H,8-10H2,1-2H3/p+1/t11-/m0/s1. The molecule has 0 spiro atoms. The van der Waals surface area contributed by atoms with Gasteiger partial charge in [0, 0.05) is 6.42 Å². The van der Waals surface area contributed by atoms with Gasteiger partial charge in [0.1, 0.15) is 0 Å². The first-order valence-electron chi connectivity index (χ1n) is 5.66. The third-order valence-corrected chi connectivity index (χ3v) is 2.55. The van der Waals surface area contributed by atoms with Crippen molar-refractivity contribution in [3.05, 3.63) is 35.9 Å². The molecule has 2 N–H and O–H groups in total. The van der Waals surface area contributed by atoms with Crippen LogP contribution < -0.4 is 5.32 Å². The average molecular weight is 222 g/mol. The van der Waals surface area contributed by atoms with Crippen molar-refractivity contribution in [1.82, 2.24) is 0 Å². The SMILES string of the molecule is COC(=O)CC[NH2+][C@@H](C)Cc1ccccc1.